The number of benzene rings is 8. The van der Waals surface area contributed by atoms with E-state index in [0.29, 0.717) is 95.8 Å². The van der Waals surface area contributed by atoms with Crippen molar-refractivity contribution in [3.63, 3.8) is 0 Å². The fourth-order valence-electron chi connectivity index (χ4n) is 8.10. The van der Waals surface area contributed by atoms with E-state index in [1.54, 1.807) is 55.5 Å². The number of phenols is 3. The molecule has 0 heterocycles. The predicted octanol–water partition coefficient (Wildman–Crippen LogP) is 18.1. The maximum absolute atomic E-state index is 13.0. The van der Waals surface area contributed by atoms with Gasteiger partial charge in [-0.2, -0.15) is 40.9 Å². The Morgan fingerprint density at radius 3 is 0.878 bits per heavy atom. The molecule has 0 fully saturated rings. The first-order valence-corrected chi connectivity index (χ1v) is 26.2. The average Bonchev–Trinajstić information content (AvgIpc) is 3.39. The average molecular weight is 1240 g/mol. The fraction of sp³-hybridized carbons (Fsp3) is 0.125. The number of hydrogen-bond donors (Lipinski definition) is 3. The highest BCUT2D eigenvalue weighted by molar-refractivity contribution is 9.11. The van der Waals surface area contributed by atoms with Crippen LogP contribution in [0.3, 0.4) is 0 Å². The summed E-state index contributed by atoms with van der Waals surface area (Å²) in [7, 11) is 0. The van der Waals surface area contributed by atoms with Crippen LogP contribution in [-0.2, 0) is 35.2 Å². The van der Waals surface area contributed by atoms with Crippen LogP contribution in [0.2, 0.25) is 0 Å². The second-order valence-electron chi connectivity index (χ2n) is 16.9. The minimum Gasteiger partial charge on any atom is -0.507 e. The van der Waals surface area contributed by atoms with E-state index in [1.165, 1.54) is 0 Å². The van der Waals surface area contributed by atoms with E-state index in [0.717, 1.165) is 17.9 Å². The van der Waals surface area contributed by atoms with E-state index in [1.807, 2.05) is 97.1 Å². The summed E-state index contributed by atoms with van der Waals surface area (Å²) in [5.74, 6) is -0.534. The molecule has 9 rings (SSSR count). The zero-order valence-corrected chi connectivity index (χ0v) is 45.6. The number of phenolic OH excluding ortho intramolecular Hbond substituents is 3. The molecular formula is C56H42Br4N8O6. The monoisotopic (exact) mass is 1240 g/mol. The topological polar surface area (TPSA) is 195 Å². The van der Waals surface area contributed by atoms with Crippen LogP contribution in [0.1, 0.15) is 51.4 Å². The van der Waals surface area contributed by atoms with Crippen molar-refractivity contribution in [3.8, 4) is 23.0 Å². The fourth-order valence-corrected chi connectivity index (χ4v) is 9.15. The minimum atomic E-state index is -0.594. The molecule has 8 bridgehead atoms. The van der Waals surface area contributed by atoms with Gasteiger partial charge < -0.3 is 24.8 Å². The Balaban J connectivity index is 1.27. The number of carbonyl (C=O) groups excluding carboxylic acids is 1. The van der Waals surface area contributed by atoms with Crippen molar-refractivity contribution in [2.45, 2.75) is 32.6 Å². The molecule has 0 unspecified atom stereocenters. The lowest BCUT2D eigenvalue weighted by atomic mass is 9.90. The Kier molecular flexibility index (Phi) is 16.6. The summed E-state index contributed by atoms with van der Waals surface area (Å²) in [4.78, 5) is 13.0. The Labute approximate surface area is 459 Å². The third-order valence-corrected chi connectivity index (χ3v) is 13.7. The van der Waals surface area contributed by atoms with Crippen LogP contribution < -0.4 is 4.74 Å². The van der Waals surface area contributed by atoms with E-state index < -0.39 is 12.6 Å². The molecule has 1 aliphatic carbocycles. The molecule has 0 radical (unpaired) electrons. The SMILES string of the molecule is CCOC(=O)COc1c2cc(N=Nc3ccc(Br)cc3)cc1Cc1cc(N=Nc3ccc(Br)cc3)cc(c1O)Cc1cc(N=Nc3ccc(Br)cc3)cc(c1O)Cc1cc(N=Nc3ccc(Br)cc3)cc(c1O)C2. The van der Waals surface area contributed by atoms with E-state index >= 15 is 0 Å². The molecular weight excluding hydrogens is 1200 g/mol. The molecule has 0 amide bonds. The van der Waals surface area contributed by atoms with Crippen molar-refractivity contribution in [3.05, 3.63) is 208 Å². The first kappa shape index (κ1) is 51.6. The highest BCUT2D eigenvalue weighted by atomic mass is 79.9. The lowest BCUT2D eigenvalue weighted by molar-refractivity contribution is -0.145. The molecule has 0 saturated heterocycles. The number of ether oxygens (including phenoxy) is 2. The lowest BCUT2D eigenvalue weighted by Gasteiger charge is -2.20. The molecule has 74 heavy (non-hydrogen) atoms. The molecule has 0 saturated carbocycles. The van der Waals surface area contributed by atoms with Crippen LogP contribution in [0.15, 0.2) is 204 Å². The van der Waals surface area contributed by atoms with Gasteiger partial charge >= 0.3 is 5.97 Å². The second kappa shape index (κ2) is 23.7. The summed E-state index contributed by atoms with van der Waals surface area (Å²) in [6, 6.07) is 43.3. The maximum Gasteiger partial charge on any atom is 0.344 e. The molecule has 370 valence electrons. The number of esters is 1. The van der Waals surface area contributed by atoms with Crippen LogP contribution in [-0.4, -0.2) is 34.5 Å². The summed E-state index contributed by atoms with van der Waals surface area (Å²) in [6.45, 7) is 1.41. The predicted molar refractivity (Wildman–Crippen MR) is 297 cm³/mol. The molecule has 18 heteroatoms. The minimum absolute atomic E-state index is 0.00145. The number of azo groups is 4. The summed E-state index contributed by atoms with van der Waals surface area (Å²) in [5, 5.41) is 73.8. The second-order valence-corrected chi connectivity index (χ2v) is 20.6. The molecule has 0 spiro atoms. The third-order valence-electron chi connectivity index (χ3n) is 11.6. The number of hydrogen-bond acceptors (Lipinski definition) is 14. The highest BCUT2D eigenvalue weighted by Crippen LogP contribution is 2.43. The lowest BCUT2D eigenvalue weighted by Crippen LogP contribution is -2.16. The van der Waals surface area contributed by atoms with Crippen molar-refractivity contribution >= 4 is 115 Å². The first-order valence-electron chi connectivity index (χ1n) is 23.0. The van der Waals surface area contributed by atoms with Gasteiger partial charge in [-0.3, -0.25) is 0 Å². The van der Waals surface area contributed by atoms with Gasteiger partial charge in [-0.05, 0) is 153 Å². The number of carbonyl (C=O) groups is 1. The van der Waals surface area contributed by atoms with Gasteiger partial charge in [-0.25, -0.2) is 4.79 Å². The molecule has 14 nitrogen and oxygen atoms in total. The van der Waals surface area contributed by atoms with Gasteiger partial charge in [0.15, 0.2) is 6.61 Å². The number of rotatable bonds is 12. The standard InChI is InChI=1S/C56H42Br4N8O6/c1-2-73-52(69)31-74-56-38-21-36-27-49(66-62-45-13-5-41(58)6-14-45)25-34(54(36)71)19-32-23-48(65-61-44-11-3-40(57)4-12-44)24-33(53(32)70)20-35-26-50(67-63-46-15-7-42(59)8-16-46)28-37(55(35)72)22-39(56)30-51(29-38)68-64-47-17-9-43(60)10-18-47/h3-18,23-30,70-72H,2,19-22,31H2,1H3. The van der Waals surface area contributed by atoms with E-state index in [-0.39, 0.29) is 49.5 Å². The largest absolute Gasteiger partial charge is 0.507 e. The maximum atomic E-state index is 13.0. The third kappa shape index (κ3) is 13.3. The van der Waals surface area contributed by atoms with Gasteiger partial charge in [0.1, 0.15) is 23.0 Å². The Bertz CT molecular complexity index is 3340. The van der Waals surface area contributed by atoms with Gasteiger partial charge in [0.2, 0.25) is 0 Å². The van der Waals surface area contributed by atoms with E-state index in [2.05, 4.69) is 105 Å². The Morgan fingerprint density at radius 2 is 0.622 bits per heavy atom. The smallest absolute Gasteiger partial charge is 0.344 e. The number of fused-ring (bicyclic) bond motifs is 8. The van der Waals surface area contributed by atoms with Crippen molar-refractivity contribution in [2.24, 2.45) is 40.9 Å². The normalized spacial score (nSPS) is 12.6. The molecule has 0 atom stereocenters. The first-order chi connectivity index (χ1) is 35.8. The van der Waals surface area contributed by atoms with Crippen LogP contribution in [0, 0.1) is 0 Å². The number of nitrogens with zero attached hydrogens (tertiary/aromatic N) is 8. The Hall–Kier alpha value is -7.25. The van der Waals surface area contributed by atoms with Crippen LogP contribution >= 0.6 is 63.7 Å². The molecule has 8 aromatic rings. The molecule has 0 aliphatic heterocycles. The number of halogens is 4. The van der Waals surface area contributed by atoms with Gasteiger partial charge in [0.25, 0.3) is 0 Å². The van der Waals surface area contributed by atoms with Crippen LogP contribution in [0.4, 0.5) is 45.5 Å². The summed E-state index contributed by atoms with van der Waals surface area (Å²) < 4.78 is 15.3. The molecule has 8 aromatic carbocycles. The van der Waals surface area contributed by atoms with Crippen molar-refractivity contribution in [1.82, 2.24) is 0 Å². The van der Waals surface area contributed by atoms with Crippen molar-refractivity contribution in [1.29, 1.82) is 0 Å². The summed E-state index contributed by atoms with van der Waals surface area (Å²) >= 11 is 13.9. The quantitative estimate of drug-likeness (QED) is 0.0804. The van der Waals surface area contributed by atoms with Crippen molar-refractivity contribution < 1.29 is 29.6 Å². The van der Waals surface area contributed by atoms with E-state index in [4.69, 9.17) is 9.47 Å². The summed E-state index contributed by atoms with van der Waals surface area (Å²) in [5.41, 5.74) is 7.52. The highest BCUT2D eigenvalue weighted by Gasteiger charge is 2.24. The van der Waals surface area contributed by atoms with Crippen LogP contribution in [0.25, 0.3) is 0 Å². The van der Waals surface area contributed by atoms with Gasteiger partial charge in [0, 0.05) is 88.1 Å². The van der Waals surface area contributed by atoms with Gasteiger partial charge in [-0.15, -0.1) is 0 Å². The van der Waals surface area contributed by atoms with Gasteiger partial charge in [0.05, 0.1) is 52.1 Å². The molecule has 1 aliphatic rings. The van der Waals surface area contributed by atoms with Crippen molar-refractivity contribution in [2.75, 3.05) is 13.2 Å². The molecule has 3 N–H and O–H groups in total. The van der Waals surface area contributed by atoms with Gasteiger partial charge in [-0.1, -0.05) is 63.7 Å². The van der Waals surface area contributed by atoms with E-state index in [9.17, 15) is 20.1 Å². The zero-order chi connectivity index (χ0) is 51.7. The summed E-state index contributed by atoms with van der Waals surface area (Å²) in [6.07, 6.45) is 0.0341. The van der Waals surface area contributed by atoms with Crippen LogP contribution in [0.5, 0.6) is 23.0 Å². The zero-order valence-electron chi connectivity index (χ0n) is 39.3. The Morgan fingerprint density at radius 1 is 0.392 bits per heavy atom. The number of aromatic hydroxyl groups is 3. The molecule has 0 aromatic heterocycles.